The van der Waals surface area contributed by atoms with Gasteiger partial charge < -0.3 is 15.1 Å². The average molecular weight is 262 g/mol. The van der Waals surface area contributed by atoms with Crippen molar-refractivity contribution in [2.75, 3.05) is 45.6 Å². The number of pyridine rings is 1. The zero-order chi connectivity index (χ0) is 13.8. The summed E-state index contributed by atoms with van der Waals surface area (Å²) in [6.07, 6.45) is 1.03. The molecule has 1 N–H and O–H groups in total. The minimum Gasteiger partial charge on any atom is -0.373 e. The minimum atomic E-state index is 0.109. The number of aryl methyl sites for hydroxylation is 1. The van der Waals surface area contributed by atoms with Gasteiger partial charge in [0.15, 0.2) is 0 Å². The number of hydrogen-bond donors (Lipinski definition) is 1. The molecule has 0 atom stereocenters. The van der Waals surface area contributed by atoms with Crippen molar-refractivity contribution in [2.45, 2.75) is 13.3 Å². The third kappa shape index (κ3) is 3.44. The summed E-state index contributed by atoms with van der Waals surface area (Å²) in [6.45, 7) is 5.54. The predicted molar refractivity (Wildman–Crippen MR) is 76.5 cm³/mol. The van der Waals surface area contributed by atoms with Crippen LogP contribution in [0.25, 0.3) is 0 Å². The van der Waals surface area contributed by atoms with Crippen LogP contribution in [0.5, 0.6) is 0 Å². The van der Waals surface area contributed by atoms with Crippen LogP contribution in [-0.4, -0.2) is 61.0 Å². The van der Waals surface area contributed by atoms with Gasteiger partial charge in [0.2, 0.25) is 0 Å². The van der Waals surface area contributed by atoms with Crippen molar-refractivity contribution in [3.63, 3.8) is 0 Å². The van der Waals surface area contributed by atoms with E-state index in [1.54, 1.807) is 0 Å². The molecule has 0 saturated carbocycles. The molecule has 2 heterocycles. The molecule has 1 saturated heterocycles. The van der Waals surface area contributed by atoms with Crippen LogP contribution in [0.4, 0.5) is 5.82 Å². The summed E-state index contributed by atoms with van der Waals surface area (Å²) in [7, 11) is 3.92. The molecule has 0 bridgehead atoms. The Bertz CT molecular complexity index is 461. The molecule has 5 heteroatoms. The van der Waals surface area contributed by atoms with Gasteiger partial charge in [-0.15, -0.1) is 0 Å². The van der Waals surface area contributed by atoms with Gasteiger partial charge in [0, 0.05) is 37.9 Å². The first-order valence-electron chi connectivity index (χ1n) is 6.74. The number of carbonyl (C=O) groups excluding carboxylic acids is 1. The fourth-order valence-corrected chi connectivity index (χ4v) is 2.35. The Morgan fingerprint density at radius 1 is 1.26 bits per heavy atom. The highest BCUT2D eigenvalue weighted by Gasteiger charge is 2.19. The molecule has 1 fully saturated rings. The van der Waals surface area contributed by atoms with E-state index in [1.165, 1.54) is 0 Å². The molecule has 0 aromatic carbocycles. The number of likely N-dealkylation sites (N-methyl/N-ethyl adjacent to an activating group) is 1. The van der Waals surface area contributed by atoms with E-state index < -0.39 is 0 Å². The number of amides is 1. The SMILES string of the molecule is CNc1cc(C(=O)N2CCCN(C)CC2)cc(C)n1. The summed E-state index contributed by atoms with van der Waals surface area (Å²) in [5.41, 5.74) is 1.59. The van der Waals surface area contributed by atoms with Gasteiger partial charge in [-0.05, 0) is 39.1 Å². The number of nitrogens with one attached hydrogen (secondary N) is 1. The van der Waals surface area contributed by atoms with Gasteiger partial charge in [-0.25, -0.2) is 4.98 Å². The highest BCUT2D eigenvalue weighted by molar-refractivity contribution is 5.95. The monoisotopic (exact) mass is 262 g/mol. The quantitative estimate of drug-likeness (QED) is 0.870. The molecule has 1 aromatic rings. The van der Waals surface area contributed by atoms with Crippen molar-refractivity contribution in [1.82, 2.24) is 14.8 Å². The Morgan fingerprint density at radius 2 is 2.05 bits per heavy atom. The lowest BCUT2D eigenvalue weighted by atomic mass is 10.2. The largest absolute Gasteiger partial charge is 0.373 e. The zero-order valence-electron chi connectivity index (χ0n) is 11.9. The normalized spacial score (nSPS) is 17.1. The van der Waals surface area contributed by atoms with Crippen LogP contribution in [0.3, 0.4) is 0 Å². The molecule has 5 nitrogen and oxygen atoms in total. The molecule has 104 valence electrons. The summed E-state index contributed by atoms with van der Waals surface area (Å²) in [6, 6.07) is 3.68. The lowest BCUT2D eigenvalue weighted by Crippen LogP contribution is -2.34. The number of rotatable bonds is 2. The first kappa shape index (κ1) is 13.8. The molecular formula is C14H22N4O. The molecule has 0 radical (unpaired) electrons. The second-order valence-corrected chi connectivity index (χ2v) is 5.08. The van der Waals surface area contributed by atoms with Crippen molar-refractivity contribution in [3.05, 3.63) is 23.4 Å². The lowest BCUT2D eigenvalue weighted by Gasteiger charge is -2.21. The van der Waals surface area contributed by atoms with E-state index in [9.17, 15) is 4.79 Å². The molecule has 19 heavy (non-hydrogen) atoms. The second kappa shape index (κ2) is 6.02. The molecule has 0 spiro atoms. The smallest absolute Gasteiger partial charge is 0.254 e. The van der Waals surface area contributed by atoms with E-state index in [4.69, 9.17) is 0 Å². The van der Waals surface area contributed by atoms with Gasteiger partial charge in [0.25, 0.3) is 5.91 Å². The standard InChI is InChI=1S/C14H22N4O/c1-11-9-12(10-13(15-2)16-11)14(19)18-6-4-5-17(3)7-8-18/h9-10H,4-8H2,1-3H3,(H,15,16). The fraction of sp³-hybridized carbons (Fsp3) is 0.571. The summed E-state index contributed by atoms with van der Waals surface area (Å²) < 4.78 is 0. The zero-order valence-corrected chi connectivity index (χ0v) is 11.9. The Morgan fingerprint density at radius 3 is 2.79 bits per heavy atom. The van der Waals surface area contributed by atoms with Crippen LogP contribution < -0.4 is 5.32 Å². The maximum absolute atomic E-state index is 12.5. The predicted octanol–water partition coefficient (Wildman–Crippen LogP) is 1.21. The average Bonchev–Trinajstić information content (AvgIpc) is 2.62. The van der Waals surface area contributed by atoms with Crippen LogP contribution in [0, 0.1) is 6.92 Å². The maximum atomic E-state index is 12.5. The van der Waals surface area contributed by atoms with Crippen molar-refractivity contribution in [3.8, 4) is 0 Å². The van der Waals surface area contributed by atoms with E-state index >= 15 is 0 Å². The summed E-state index contributed by atoms with van der Waals surface area (Å²) in [4.78, 5) is 21.1. The van der Waals surface area contributed by atoms with Gasteiger partial charge in [-0.1, -0.05) is 0 Å². The van der Waals surface area contributed by atoms with E-state index in [1.807, 2.05) is 31.0 Å². The van der Waals surface area contributed by atoms with Crippen molar-refractivity contribution < 1.29 is 4.79 Å². The van der Waals surface area contributed by atoms with Crippen LogP contribution >= 0.6 is 0 Å². The highest BCUT2D eigenvalue weighted by atomic mass is 16.2. The Hall–Kier alpha value is -1.62. The van der Waals surface area contributed by atoms with Gasteiger partial charge >= 0.3 is 0 Å². The van der Waals surface area contributed by atoms with Gasteiger partial charge in [0.05, 0.1) is 0 Å². The topological polar surface area (TPSA) is 48.5 Å². The van der Waals surface area contributed by atoms with Crippen LogP contribution in [-0.2, 0) is 0 Å². The molecular weight excluding hydrogens is 240 g/mol. The van der Waals surface area contributed by atoms with Crippen molar-refractivity contribution in [2.24, 2.45) is 0 Å². The van der Waals surface area contributed by atoms with Gasteiger partial charge in [-0.3, -0.25) is 4.79 Å². The first-order chi connectivity index (χ1) is 9.10. The molecule has 0 unspecified atom stereocenters. The number of hydrogen-bond acceptors (Lipinski definition) is 4. The Labute approximate surface area is 114 Å². The number of aromatic nitrogens is 1. The van der Waals surface area contributed by atoms with E-state index in [-0.39, 0.29) is 5.91 Å². The molecule has 2 rings (SSSR count). The minimum absolute atomic E-state index is 0.109. The van der Waals surface area contributed by atoms with Crippen LogP contribution in [0.15, 0.2) is 12.1 Å². The summed E-state index contributed by atoms with van der Waals surface area (Å²) in [5, 5.41) is 3.00. The van der Waals surface area contributed by atoms with Gasteiger partial charge in [-0.2, -0.15) is 0 Å². The maximum Gasteiger partial charge on any atom is 0.254 e. The van der Waals surface area contributed by atoms with E-state index in [0.29, 0.717) is 0 Å². The van der Waals surface area contributed by atoms with Gasteiger partial charge in [0.1, 0.15) is 5.82 Å². The summed E-state index contributed by atoms with van der Waals surface area (Å²) in [5.74, 6) is 0.854. The van der Waals surface area contributed by atoms with Crippen LogP contribution in [0.2, 0.25) is 0 Å². The van der Waals surface area contributed by atoms with Crippen molar-refractivity contribution >= 4 is 11.7 Å². The first-order valence-corrected chi connectivity index (χ1v) is 6.74. The highest BCUT2D eigenvalue weighted by Crippen LogP contribution is 2.13. The molecule has 1 aliphatic heterocycles. The van der Waals surface area contributed by atoms with Crippen molar-refractivity contribution in [1.29, 1.82) is 0 Å². The molecule has 0 aliphatic carbocycles. The summed E-state index contributed by atoms with van der Waals surface area (Å²) >= 11 is 0. The third-order valence-corrected chi connectivity index (χ3v) is 3.46. The van der Waals surface area contributed by atoms with E-state index in [2.05, 4.69) is 22.2 Å². The van der Waals surface area contributed by atoms with E-state index in [0.717, 1.165) is 49.7 Å². The number of carbonyl (C=O) groups is 1. The number of anilines is 1. The molecule has 1 aliphatic rings. The Balaban J connectivity index is 2.16. The lowest BCUT2D eigenvalue weighted by molar-refractivity contribution is 0.0762. The fourth-order valence-electron chi connectivity index (χ4n) is 2.35. The molecule has 1 aromatic heterocycles. The Kier molecular flexibility index (Phi) is 4.37. The van der Waals surface area contributed by atoms with Crippen LogP contribution in [0.1, 0.15) is 22.5 Å². The molecule has 1 amide bonds. The number of nitrogens with zero attached hydrogens (tertiary/aromatic N) is 3. The second-order valence-electron chi connectivity index (χ2n) is 5.08. The third-order valence-electron chi connectivity index (χ3n) is 3.46.